The molecule has 5 rings (SSSR count). The SMILES string of the molecule is CC(=Cc1ccc(O[C@@H]2O[C@H](C(C)=C(C)S(=O)(=O)c3ccccc3)[C@@H](O)[C@@H]2O)c(O)c1)C(=O)N[C@@H]1[C@H](O)[C@@H](O)[C@H]2OCO[C@H]2[C@@H]1O. The van der Waals surface area contributed by atoms with Gasteiger partial charge in [-0.3, -0.25) is 4.79 Å². The molecule has 2 aromatic carbocycles. The van der Waals surface area contributed by atoms with Crippen molar-refractivity contribution in [2.45, 2.75) is 86.8 Å². The zero-order valence-electron chi connectivity index (χ0n) is 25.1. The van der Waals surface area contributed by atoms with Gasteiger partial charge in [-0.25, -0.2) is 8.42 Å². The second-order valence-electron chi connectivity index (χ2n) is 11.5. The third-order valence-electron chi connectivity index (χ3n) is 8.53. The quantitative estimate of drug-likeness (QED) is 0.181. The second-order valence-corrected chi connectivity index (χ2v) is 13.6. The van der Waals surface area contributed by atoms with Gasteiger partial charge in [0, 0.05) is 10.5 Å². The highest BCUT2D eigenvalue weighted by atomic mass is 32.2. The van der Waals surface area contributed by atoms with Gasteiger partial charge in [-0.1, -0.05) is 24.3 Å². The van der Waals surface area contributed by atoms with Gasteiger partial charge in [-0.15, -0.1) is 0 Å². The number of hydrogen-bond acceptors (Lipinski definition) is 13. The van der Waals surface area contributed by atoms with Crippen LogP contribution in [0.4, 0.5) is 0 Å². The summed E-state index contributed by atoms with van der Waals surface area (Å²) in [4.78, 5) is 12.9. The summed E-state index contributed by atoms with van der Waals surface area (Å²) < 4.78 is 48.0. The number of hydrogen-bond donors (Lipinski definition) is 7. The fourth-order valence-corrected chi connectivity index (χ4v) is 7.08. The summed E-state index contributed by atoms with van der Waals surface area (Å²) in [7, 11) is -3.89. The molecule has 7 N–H and O–H groups in total. The van der Waals surface area contributed by atoms with Crippen LogP contribution in [-0.4, -0.2) is 113 Å². The lowest BCUT2D eigenvalue weighted by Crippen LogP contribution is -2.67. The first kappa shape index (κ1) is 34.0. The van der Waals surface area contributed by atoms with Gasteiger partial charge < -0.3 is 54.9 Å². The molecule has 3 aliphatic rings. The zero-order valence-corrected chi connectivity index (χ0v) is 25.9. The predicted molar refractivity (Wildman–Crippen MR) is 160 cm³/mol. The lowest BCUT2D eigenvalue weighted by molar-refractivity contribution is -0.155. The minimum Gasteiger partial charge on any atom is -0.504 e. The molecule has 15 heteroatoms. The maximum absolute atomic E-state index is 13.1. The molecule has 2 aromatic rings. The lowest BCUT2D eigenvalue weighted by Gasteiger charge is -2.41. The third kappa shape index (κ3) is 6.43. The number of carbonyl (C=O) groups excluding carboxylic acids is 1. The molecule has 1 saturated carbocycles. The van der Waals surface area contributed by atoms with E-state index in [4.69, 9.17) is 18.9 Å². The first-order valence-corrected chi connectivity index (χ1v) is 16.0. The van der Waals surface area contributed by atoms with Gasteiger partial charge in [0.1, 0.15) is 55.6 Å². The number of nitrogens with one attached hydrogen (secondary N) is 1. The summed E-state index contributed by atoms with van der Waals surface area (Å²) in [5.41, 5.74) is 0.670. The molecule has 2 heterocycles. The van der Waals surface area contributed by atoms with Crippen molar-refractivity contribution in [2.75, 3.05) is 6.79 Å². The summed E-state index contributed by atoms with van der Waals surface area (Å²) in [6.45, 7) is 4.15. The van der Waals surface area contributed by atoms with Crippen LogP contribution in [0, 0.1) is 0 Å². The molecule has 0 radical (unpaired) electrons. The Bertz CT molecular complexity index is 1610. The van der Waals surface area contributed by atoms with Crippen molar-refractivity contribution in [3.05, 3.63) is 70.1 Å². The lowest BCUT2D eigenvalue weighted by atomic mass is 9.83. The molecule has 1 amide bonds. The van der Waals surface area contributed by atoms with Crippen LogP contribution < -0.4 is 10.1 Å². The van der Waals surface area contributed by atoms with Crippen LogP contribution in [0.2, 0.25) is 0 Å². The number of rotatable bonds is 8. The van der Waals surface area contributed by atoms with Crippen molar-refractivity contribution >= 4 is 21.8 Å². The molecular weight excluding hydrogens is 626 g/mol. The zero-order chi connectivity index (χ0) is 33.5. The van der Waals surface area contributed by atoms with E-state index in [1.165, 1.54) is 57.2 Å². The van der Waals surface area contributed by atoms with E-state index in [1.807, 2.05) is 0 Å². The number of sulfone groups is 1. The third-order valence-corrected chi connectivity index (χ3v) is 10.5. The molecule has 2 saturated heterocycles. The van der Waals surface area contributed by atoms with Crippen LogP contribution in [-0.2, 0) is 28.8 Å². The Kier molecular flexibility index (Phi) is 9.89. The number of ether oxygens (including phenoxy) is 4. The van der Waals surface area contributed by atoms with Crippen LogP contribution in [0.5, 0.6) is 11.5 Å². The molecule has 0 bridgehead atoms. The summed E-state index contributed by atoms with van der Waals surface area (Å²) in [5.74, 6) is -1.18. The number of amides is 1. The number of fused-ring (bicyclic) bond motifs is 1. The van der Waals surface area contributed by atoms with E-state index in [2.05, 4.69) is 5.32 Å². The molecule has 2 aliphatic heterocycles. The minimum atomic E-state index is -3.89. The molecule has 0 unspecified atom stereocenters. The van der Waals surface area contributed by atoms with E-state index in [1.54, 1.807) is 18.2 Å². The Balaban J connectivity index is 1.25. The smallest absolute Gasteiger partial charge is 0.247 e. The van der Waals surface area contributed by atoms with Gasteiger partial charge in [0.25, 0.3) is 0 Å². The summed E-state index contributed by atoms with van der Waals surface area (Å²) in [6.07, 6.45) is -10.5. The van der Waals surface area contributed by atoms with Crippen LogP contribution in [0.15, 0.2) is 69.5 Å². The summed E-state index contributed by atoms with van der Waals surface area (Å²) >= 11 is 0. The number of aliphatic hydroxyl groups is 5. The molecule has 14 nitrogen and oxygen atoms in total. The van der Waals surface area contributed by atoms with Gasteiger partial charge in [-0.2, -0.15) is 0 Å². The van der Waals surface area contributed by atoms with Crippen molar-refractivity contribution in [3.63, 3.8) is 0 Å². The Morgan fingerprint density at radius 2 is 1.54 bits per heavy atom. The molecule has 3 fully saturated rings. The van der Waals surface area contributed by atoms with Gasteiger partial charge in [0.15, 0.2) is 11.5 Å². The largest absolute Gasteiger partial charge is 0.504 e. The fraction of sp³-hybridized carbons (Fsp3) is 0.452. The average molecular weight is 664 g/mol. The van der Waals surface area contributed by atoms with Crippen molar-refractivity contribution in [2.24, 2.45) is 0 Å². The van der Waals surface area contributed by atoms with Crippen molar-refractivity contribution in [1.82, 2.24) is 5.32 Å². The van der Waals surface area contributed by atoms with Crippen molar-refractivity contribution < 1.29 is 62.8 Å². The molecular formula is C31H37NO13S. The first-order chi connectivity index (χ1) is 21.7. The average Bonchev–Trinajstić information content (AvgIpc) is 3.64. The van der Waals surface area contributed by atoms with Crippen molar-refractivity contribution in [1.29, 1.82) is 0 Å². The molecule has 0 aromatic heterocycles. The molecule has 1 aliphatic carbocycles. The minimum absolute atomic E-state index is 0.0530. The van der Waals surface area contributed by atoms with Gasteiger partial charge in [0.2, 0.25) is 22.0 Å². The van der Waals surface area contributed by atoms with Crippen LogP contribution in [0.25, 0.3) is 6.08 Å². The predicted octanol–water partition coefficient (Wildman–Crippen LogP) is -0.289. The van der Waals surface area contributed by atoms with Gasteiger partial charge in [-0.05, 0) is 62.2 Å². The van der Waals surface area contributed by atoms with Crippen LogP contribution >= 0.6 is 0 Å². The highest BCUT2D eigenvalue weighted by molar-refractivity contribution is 7.95. The first-order valence-electron chi connectivity index (χ1n) is 14.5. The number of carbonyl (C=O) groups is 1. The van der Waals surface area contributed by atoms with Gasteiger partial charge >= 0.3 is 0 Å². The number of aliphatic hydroxyl groups excluding tert-OH is 5. The molecule has 250 valence electrons. The molecule has 46 heavy (non-hydrogen) atoms. The number of phenolic OH excluding ortho intramolecular Hbond substituents is 1. The second kappa shape index (κ2) is 13.4. The van der Waals surface area contributed by atoms with E-state index >= 15 is 0 Å². The maximum Gasteiger partial charge on any atom is 0.247 e. The highest BCUT2D eigenvalue weighted by Gasteiger charge is 2.53. The van der Waals surface area contributed by atoms with E-state index in [9.17, 15) is 43.9 Å². The van der Waals surface area contributed by atoms with E-state index in [0.717, 1.165) is 0 Å². The van der Waals surface area contributed by atoms with Crippen molar-refractivity contribution in [3.8, 4) is 11.5 Å². The molecule has 0 spiro atoms. The monoisotopic (exact) mass is 663 g/mol. The number of phenols is 1. The Morgan fingerprint density at radius 3 is 2.20 bits per heavy atom. The maximum atomic E-state index is 13.1. The normalized spacial score (nSPS) is 33.7. The van der Waals surface area contributed by atoms with E-state index in [0.29, 0.717) is 5.56 Å². The number of aromatic hydroxyl groups is 1. The van der Waals surface area contributed by atoms with Gasteiger partial charge in [0.05, 0.1) is 10.9 Å². The van der Waals surface area contributed by atoms with E-state index in [-0.39, 0.29) is 33.5 Å². The fourth-order valence-electron chi connectivity index (χ4n) is 5.68. The number of benzene rings is 2. The highest BCUT2D eigenvalue weighted by Crippen LogP contribution is 2.36. The Labute approximate surface area is 265 Å². The van der Waals surface area contributed by atoms with Crippen LogP contribution in [0.1, 0.15) is 26.3 Å². The Morgan fingerprint density at radius 1 is 0.891 bits per heavy atom. The summed E-state index contributed by atoms with van der Waals surface area (Å²) in [5, 5.41) is 65.8. The number of allylic oxidation sites excluding steroid dienone is 1. The molecule has 10 atom stereocenters. The van der Waals surface area contributed by atoms with E-state index < -0.39 is 82.7 Å². The Hall–Kier alpha value is -3.38. The van der Waals surface area contributed by atoms with Crippen LogP contribution in [0.3, 0.4) is 0 Å². The summed E-state index contributed by atoms with van der Waals surface area (Å²) in [6, 6.07) is 10.6. The standard InChI is InChI=1S/C31H37NO13S/c1-14(30(39)32-21-22(34)24(36)29-28(23(21)35)42-13-43-29)11-17-9-10-20(19(33)12-17)44-31-26(38)25(37)27(45-31)15(2)16(3)46(40,41)18-7-5-4-6-8-18/h4-12,21-29,31,33-38H,13H2,1-3H3,(H,32,39)/t21-,22+,23-,24-,25+,26+,27-,28+,29-,31-/m1/s1. The topological polar surface area (TPSA) is 222 Å².